The Bertz CT molecular complexity index is 1520. The second-order valence-electron chi connectivity index (χ2n) is 12.9. The maximum absolute atomic E-state index is 13.4. The van der Waals surface area contributed by atoms with E-state index in [2.05, 4.69) is 10.1 Å². The van der Waals surface area contributed by atoms with Crippen molar-refractivity contribution in [1.29, 1.82) is 0 Å². The Balaban J connectivity index is 1.57. The molecule has 13 heteroatoms. The largest absolute Gasteiger partial charge is 0.416 e. The number of likely N-dealkylation sites (tertiary alicyclic amines) is 1. The molecule has 5 nitrogen and oxygen atoms in total. The highest BCUT2D eigenvalue weighted by atomic mass is 35.5. The van der Waals surface area contributed by atoms with E-state index in [0.717, 1.165) is 11.1 Å². The van der Waals surface area contributed by atoms with Gasteiger partial charge in [-0.1, -0.05) is 64.8 Å². The third-order valence-electron chi connectivity index (χ3n) is 8.08. The molecule has 3 aromatic rings. The summed E-state index contributed by atoms with van der Waals surface area (Å²) in [4.78, 5) is 7.97. The summed E-state index contributed by atoms with van der Waals surface area (Å²) in [6.07, 6.45) is -8.41. The molecule has 3 aromatic carbocycles. The second-order valence-corrected chi connectivity index (χ2v) is 13.8. The van der Waals surface area contributed by atoms with Crippen LogP contribution in [0.2, 0.25) is 10.0 Å². The van der Waals surface area contributed by atoms with Crippen LogP contribution in [0, 0.1) is 0 Å². The molecular weight excluding hydrogens is 681 g/mol. The lowest BCUT2D eigenvalue weighted by Gasteiger charge is -2.39. The molecule has 1 fully saturated rings. The van der Waals surface area contributed by atoms with Gasteiger partial charge in [-0.25, -0.2) is 0 Å². The fourth-order valence-corrected chi connectivity index (χ4v) is 5.82. The van der Waals surface area contributed by atoms with Gasteiger partial charge in [-0.3, -0.25) is 0 Å². The molecule has 0 spiro atoms. The number of halogens is 8. The van der Waals surface area contributed by atoms with Crippen LogP contribution in [0.4, 0.5) is 26.3 Å². The molecular formula is C35H38Cl2F6N2O3. The minimum Gasteiger partial charge on any atom is -0.390 e. The first kappa shape index (κ1) is 38.0. The molecule has 1 saturated heterocycles. The van der Waals surface area contributed by atoms with Gasteiger partial charge in [0.05, 0.1) is 45.7 Å². The summed E-state index contributed by atoms with van der Waals surface area (Å²) in [5.74, 6) is -0.468. The molecule has 1 atom stereocenters. The lowest BCUT2D eigenvalue weighted by atomic mass is 9.84. The fraction of sp³-hybridized carbons (Fsp3) is 0.457. The summed E-state index contributed by atoms with van der Waals surface area (Å²) < 4.78 is 86.4. The minimum atomic E-state index is -4.98. The molecule has 1 heterocycles. The second kappa shape index (κ2) is 15.4. The lowest BCUT2D eigenvalue weighted by molar-refractivity contribution is -0.143. The number of piperidine rings is 1. The van der Waals surface area contributed by atoms with Crippen LogP contribution in [0.1, 0.15) is 73.8 Å². The Morgan fingerprint density at radius 3 is 2.02 bits per heavy atom. The molecule has 0 bridgehead atoms. The van der Waals surface area contributed by atoms with Crippen molar-refractivity contribution in [2.75, 3.05) is 26.2 Å². The molecule has 0 aliphatic carbocycles. The van der Waals surface area contributed by atoms with Crippen molar-refractivity contribution >= 4 is 28.9 Å². The van der Waals surface area contributed by atoms with Crippen molar-refractivity contribution in [2.24, 2.45) is 5.16 Å². The van der Waals surface area contributed by atoms with E-state index in [1.165, 1.54) is 0 Å². The minimum absolute atomic E-state index is 0.0785. The number of hydrogen-bond donors (Lipinski definition) is 1. The van der Waals surface area contributed by atoms with Crippen molar-refractivity contribution in [3.63, 3.8) is 0 Å². The molecule has 0 saturated carbocycles. The predicted molar refractivity (Wildman–Crippen MR) is 174 cm³/mol. The van der Waals surface area contributed by atoms with Gasteiger partial charge in [0.1, 0.15) is 5.60 Å². The smallest absolute Gasteiger partial charge is 0.390 e. The van der Waals surface area contributed by atoms with Gasteiger partial charge in [0, 0.05) is 19.0 Å². The number of nitrogens with zero attached hydrogens (tertiary/aromatic N) is 2. The van der Waals surface area contributed by atoms with Gasteiger partial charge in [-0.15, -0.1) is 0 Å². The van der Waals surface area contributed by atoms with Crippen LogP contribution in [-0.2, 0) is 34.1 Å². The maximum Gasteiger partial charge on any atom is 0.416 e. The highest BCUT2D eigenvalue weighted by Gasteiger charge is 2.37. The standard InChI is InChI=1S/C35H38Cl2F6N2O3/c1-32(2,3)48-44-31(22-47-21-23-17-26(34(38,39)40)20-27(18-23)35(41,42)43)28(24-9-10-29(36)30(37)19-24)11-14-45-15-12-33(46,13-16-45)25-7-5-4-6-8-25/h4-10,17-20,28,46H,11-16,21-22H2,1-3H3/b44-31+. The number of rotatable bonds is 11. The number of ether oxygens (including phenoxy) is 1. The number of hydrogen-bond acceptors (Lipinski definition) is 5. The average molecular weight is 720 g/mol. The van der Waals surface area contributed by atoms with E-state index >= 15 is 0 Å². The van der Waals surface area contributed by atoms with Crippen LogP contribution in [-0.4, -0.2) is 47.6 Å². The third-order valence-corrected chi connectivity index (χ3v) is 8.82. The zero-order valence-electron chi connectivity index (χ0n) is 26.8. The Kier molecular flexibility index (Phi) is 12.2. The summed E-state index contributed by atoms with van der Waals surface area (Å²) in [5, 5.41) is 16.3. The summed E-state index contributed by atoms with van der Waals surface area (Å²) in [7, 11) is 0. The summed E-state index contributed by atoms with van der Waals surface area (Å²) >= 11 is 12.6. The van der Waals surface area contributed by atoms with E-state index in [0.29, 0.717) is 66.8 Å². The van der Waals surface area contributed by atoms with Gasteiger partial charge < -0.3 is 19.6 Å². The van der Waals surface area contributed by atoms with E-state index in [4.69, 9.17) is 32.8 Å². The molecule has 1 aliphatic rings. The highest BCUT2D eigenvalue weighted by molar-refractivity contribution is 6.42. The Labute approximate surface area is 286 Å². The van der Waals surface area contributed by atoms with Gasteiger partial charge in [-0.2, -0.15) is 26.3 Å². The normalized spacial score (nSPS) is 17.0. The van der Waals surface area contributed by atoms with Gasteiger partial charge in [0.15, 0.2) is 0 Å². The fourth-order valence-electron chi connectivity index (χ4n) is 5.51. The first-order valence-corrected chi connectivity index (χ1v) is 16.2. The zero-order valence-corrected chi connectivity index (χ0v) is 28.3. The van der Waals surface area contributed by atoms with E-state index in [1.54, 1.807) is 39.0 Å². The van der Waals surface area contributed by atoms with Crippen LogP contribution in [0.3, 0.4) is 0 Å². The van der Waals surface area contributed by atoms with Crippen molar-refractivity contribution in [2.45, 2.75) is 76.1 Å². The molecule has 4 rings (SSSR count). The Morgan fingerprint density at radius 1 is 0.875 bits per heavy atom. The molecule has 0 aromatic heterocycles. The third kappa shape index (κ3) is 10.6. The highest BCUT2D eigenvalue weighted by Crippen LogP contribution is 2.37. The van der Waals surface area contributed by atoms with Gasteiger partial charge in [-0.05, 0) is 93.6 Å². The molecule has 1 aliphatic heterocycles. The predicted octanol–water partition coefficient (Wildman–Crippen LogP) is 9.88. The van der Waals surface area contributed by atoms with E-state index in [9.17, 15) is 31.4 Å². The van der Waals surface area contributed by atoms with Crippen molar-refractivity contribution in [1.82, 2.24) is 4.90 Å². The van der Waals surface area contributed by atoms with Gasteiger partial charge in [0.2, 0.25) is 0 Å². The first-order valence-electron chi connectivity index (χ1n) is 15.4. The summed E-state index contributed by atoms with van der Waals surface area (Å²) in [5.41, 5.74) is -2.83. The van der Waals surface area contributed by atoms with Crippen LogP contribution in [0.5, 0.6) is 0 Å². The summed E-state index contributed by atoms with van der Waals surface area (Å²) in [6, 6.07) is 16.0. The molecule has 1 unspecified atom stereocenters. The SMILES string of the molecule is CC(C)(C)O/N=C(\COCc1cc(C(F)(F)F)cc(C(F)(F)F)c1)C(CCN1CCC(O)(c2ccccc2)CC1)c1ccc(Cl)c(Cl)c1. The van der Waals surface area contributed by atoms with Crippen LogP contribution < -0.4 is 0 Å². The molecule has 1 N–H and O–H groups in total. The maximum atomic E-state index is 13.4. The van der Waals surface area contributed by atoms with E-state index in [-0.39, 0.29) is 18.2 Å². The van der Waals surface area contributed by atoms with Crippen molar-refractivity contribution in [3.8, 4) is 0 Å². The number of oxime groups is 1. The molecule has 0 radical (unpaired) electrons. The Morgan fingerprint density at radius 2 is 1.48 bits per heavy atom. The van der Waals surface area contributed by atoms with Crippen LogP contribution >= 0.6 is 23.2 Å². The van der Waals surface area contributed by atoms with E-state index < -0.39 is 47.2 Å². The summed E-state index contributed by atoms with van der Waals surface area (Å²) in [6.45, 7) is 6.37. The average Bonchev–Trinajstić information content (AvgIpc) is 3.01. The number of aliphatic hydroxyl groups is 1. The van der Waals surface area contributed by atoms with E-state index in [1.807, 2.05) is 30.3 Å². The molecule has 0 amide bonds. The van der Waals surface area contributed by atoms with Gasteiger partial charge >= 0.3 is 12.4 Å². The lowest BCUT2D eigenvalue weighted by Crippen LogP contribution is -2.43. The van der Waals surface area contributed by atoms with Crippen molar-refractivity contribution < 1.29 is 41.0 Å². The number of alkyl halides is 6. The van der Waals surface area contributed by atoms with Crippen molar-refractivity contribution in [3.05, 3.63) is 105 Å². The van der Waals surface area contributed by atoms with Crippen LogP contribution in [0.25, 0.3) is 0 Å². The quantitative estimate of drug-likeness (QED) is 0.122. The number of benzene rings is 3. The molecule has 262 valence electrons. The molecule has 48 heavy (non-hydrogen) atoms. The first-order chi connectivity index (χ1) is 22.3. The topological polar surface area (TPSA) is 54.3 Å². The monoisotopic (exact) mass is 718 g/mol. The van der Waals surface area contributed by atoms with Gasteiger partial charge in [0.25, 0.3) is 0 Å². The Hall–Kier alpha value is -2.83. The zero-order chi connectivity index (χ0) is 35.3. The van der Waals surface area contributed by atoms with Crippen LogP contribution in [0.15, 0.2) is 71.9 Å².